The summed E-state index contributed by atoms with van der Waals surface area (Å²) in [5, 5.41) is 10.6. The van der Waals surface area contributed by atoms with Crippen LogP contribution in [0.5, 0.6) is 0 Å². The predicted molar refractivity (Wildman–Crippen MR) is 154 cm³/mol. The van der Waals surface area contributed by atoms with Gasteiger partial charge in [-0.1, -0.05) is 52.8 Å². The van der Waals surface area contributed by atoms with E-state index >= 15 is 0 Å². The van der Waals surface area contributed by atoms with Gasteiger partial charge in [-0.25, -0.2) is 4.79 Å². The van der Waals surface area contributed by atoms with E-state index in [0.29, 0.717) is 29.9 Å². The molecule has 6 aliphatic rings. The molecular weight excluding hydrogens is 516 g/mol. The fourth-order valence-electron chi connectivity index (χ4n) is 11.3. The number of fused-ring (bicyclic) bond motifs is 7. The van der Waals surface area contributed by atoms with Crippen LogP contribution in [0.15, 0.2) is 30.3 Å². The molecule has 4 saturated carbocycles. The molecule has 0 aromatic heterocycles. The number of carbonyl (C=O) groups is 2. The zero-order valence-corrected chi connectivity index (χ0v) is 25.4. The maximum atomic E-state index is 13.7. The molecule has 1 N–H and O–H groups in total. The number of ketones is 1. The zero-order valence-electron chi connectivity index (χ0n) is 25.4. The Morgan fingerprint density at radius 1 is 1.00 bits per heavy atom. The van der Waals surface area contributed by atoms with Crippen LogP contribution >= 0.6 is 0 Å². The van der Waals surface area contributed by atoms with Crippen LogP contribution in [0.1, 0.15) is 89.9 Å². The molecule has 0 amide bonds. The summed E-state index contributed by atoms with van der Waals surface area (Å²) in [4.78, 5) is 27.3. The second kappa shape index (κ2) is 9.62. The molecule has 0 bridgehead atoms. The minimum Gasteiger partial charge on any atom is -0.458 e. The van der Waals surface area contributed by atoms with Crippen molar-refractivity contribution in [1.29, 1.82) is 0 Å². The van der Waals surface area contributed by atoms with Crippen LogP contribution < -0.4 is 0 Å². The predicted octanol–water partition coefficient (Wildman–Crippen LogP) is 6.05. The van der Waals surface area contributed by atoms with Gasteiger partial charge in [-0.2, -0.15) is 0 Å². The highest BCUT2D eigenvalue weighted by Crippen LogP contribution is 2.71. The summed E-state index contributed by atoms with van der Waals surface area (Å²) in [7, 11) is 0. The van der Waals surface area contributed by atoms with Crippen molar-refractivity contribution in [2.24, 2.45) is 58.2 Å². The molecule has 6 fully saturated rings. The molecule has 6 heteroatoms. The minimum atomic E-state index is -1.15. The van der Waals surface area contributed by atoms with Crippen molar-refractivity contribution in [3.05, 3.63) is 35.9 Å². The van der Waals surface area contributed by atoms with E-state index in [0.717, 1.165) is 44.9 Å². The van der Waals surface area contributed by atoms with Crippen LogP contribution in [0.25, 0.3) is 0 Å². The SMILES string of the molecule is C[C@H]1CO[C@@]2(O[C@H]3C[C@H]4[C@@H]5CC[C@H]6C[C@H](O)CC[C@]6(C)[C@H]5[C@@H](OC(=O)c5ccccc5)C[C@]4(C)[C@H]3[C@@H]2C)C(=O)[C@@H]1C. The van der Waals surface area contributed by atoms with Gasteiger partial charge in [0.15, 0.2) is 5.78 Å². The van der Waals surface area contributed by atoms with E-state index in [9.17, 15) is 14.7 Å². The molecule has 0 unspecified atom stereocenters. The van der Waals surface area contributed by atoms with Crippen molar-refractivity contribution >= 4 is 11.8 Å². The third-order valence-corrected chi connectivity index (χ3v) is 13.5. The average molecular weight is 565 g/mol. The van der Waals surface area contributed by atoms with E-state index < -0.39 is 5.79 Å². The molecule has 41 heavy (non-hydrogen) atoms. The Morgan fingerprint density at radius 3 is 2.51 bits per heavy atom. The first kappa shape index (κ1) is 28.0. The summed E-state index contributed by atoms with van der Waals surface area (Å²) >= 11 is 0. The summed E-state index contributed by atoms with van der Waals surface area (Å²) < 4.78 is 19.8. The number of aliphatic hydroxyl groups excluding tert-OH is 1. The summed E-state index contributed by atoms with van der Waals surface area (Å²) in [6.45, 7) is 11.7. The highest BCUT2D eigenvalue weighted by atomic mass is 16.7. The molecule has 1 aromatic carbocycles. The quantitative estimate of drug-likeness (QED) is 0.440. The molecule has 2 heterocycles. The summed E-state index contributed by atoms with van der Waals surface area (Å²) in [5.74, 6) is 0.537. The Labute approximate surface area is 244 Å². The van der Waals surface area contributed by atoms with Gasteiger partial charge in [0.25, 0.3) is 0 Å². The number of Topliss-reactive ketones (excluding diaryl/α,β-unsaturated/α-hetero) is 1. The van der Waals surface area contributed by atoms with Crippen molar-refractivity contribution in [1.82, 2.24) is 0 Å². The first-order chi connectivity index (χ1) is 19.5. The lowest BCUT2D eigenvalue weighted by atomic mass is 9.43. The fraction of sp³-hybridized carbons (Fsp3) is 0.771. The molecule has 2 saturated heterocycles. The third-order valence-electron chi connectivity index (χ3n) is 13.5. The van der Waals surface area contributed by atoms with Crippen molar-refractivity contribution in [3.63, 3.8) is 0 Å². The number of aliphatic hydroxyl groups is 1. The monoisotopic (exact) mass is 564 g/mol. The van der Waals surface area contributed by atoms with E-state index in [2.05, 4.69) is 27.7 Å². The Kier molecular flexibility index (Phi) is 6.58. The number of benzene rings is 1. The van der Waals surface area contributed by atoms with E-state index in [1.54, 1.807) is 0 Å². The van der Waals surface area contributed by atoms with Gasteiger partial charge in [0.2, 0.25) is 5.79 Å². The standard InChI is InChI=1S/C35H48O6/c1-19-18-39-35(31(37)20(19)2)21(3)29-27(41-35)16-26-25-12-11-23-15-24(36)13-14-33(23,4)30(25)28(17-34(26,29)5)40-32(38)22-9-7-6-8-10-22/h6-10,19-21,23-30,36H,11-18H2,1-5H3/t19-,20+,21-,23-,24+,25-,26-,27-,28-,29-,30+,33-,34-,35-/m0/s1. The van der Waals surface area contributed by atoms with Crippen molar-refractivity contribution in [2.75, 3.05) is 6.61 Å². The Balaban J connectivity index is 1.25. The average Bonchev–Trinajstić information content (AvgIpc) is 3.40. The van der Waals surface area contributed by atoms with Crippen molar-refractivity contribution in [3.8, 4) is 0 Å². The van der Waals surface area contributed by atoms with Crippen LogP contribution in [0.4, 0.5) is 0 Å². The van der Waals surface area contributed by atoms with Gasteiger partial charge in [-0.05, 0) is 97.5 Å². The van der Waals surface area contributed by atoms with Crippen molar-refractivity contribution < 1.29 is 28.9 Å². The largest absolute Gasteiger partial charge is 0.458 e. The first-order valence-electron chi connectivity index (χ1n) is 16.3. The number of ether oxygens (including phenoxy) is 3. The molecule has 2 aliphatic heterocycles. The molecule has 1 spiro atoms. The van der Waals surface area contributed by atoms with Gasteiger partial charge in [-0.3, -0.25) is 4.79 Å². The topological polar surface area (TPSA) is 82.1 Å². The van der Waals surface area contributed by atoms with Gasteiger partial charge >= 0.3 is 5.97 Å². The minimum absolute atomic E-state index is 0.0208. The van der Waals surface area contributed by atoms with Gasteiger partial charge in [0.1, 0.15) is 6.10 Å². The molecule has 224 valence electrons. The maximum Gasteiger partial charge on any atom is 0.338 e. The summed E-state index contributed by atoms with van der Waals surface area (Å²) in [6.07, 6.45) is 6.14. The lowest BCUT2D eigenvalue weighted by Gasteiger charge is -2.63. The molecule has 7 rings (SSSR count). The fourth-order valence-corrected chi connectivity index (χ4v) is 11.3. The number of hydrogen-bond donors (Lipinski definition) is 1. The smallest absolute Gasteiger partial charge is 0.338 e. The van der Waals surface area contributed by atoms with Crippen LogP contribution in [0, 0.1) is 58.2 Å². The second-order valence-corrected chi connectivity index (χ2v) is 15.3. The van der Waals surface area contributed by atoms with Crippen LogP contribution in [0.2, 0.25) is 0 Å². The Morgan fingerprint density at radius 2 is 1.76 bits per heavy atom. The molecule has 4 aliphatic carbocycles. The number of rotatable bonds is 2. The second-order valence-electron chi connectivity index (χ2n) is 15.3. The number of carbonyl (C=O) groups excluding carboxylic acids is 2. The van der Waals surface area contributed by atoms with Crippen LogP contribution in [-0.4, -0.2) is 47.6 Å². The van der Waals surface area contributed by atoms with E-state index in [1.165, 1.54) is 0 Å². The molecule has 6 nitrogen and oxygen atoms in total. The zero-order chi connectivity index (χ0) is 28.9. The molecular formula is C35H48O6. The Bertz CT molecular complexity index is 1200. The summed E-state index contributed by atoms with van der Waals surface area (Å²) in [5.41, 5.74) is 0.506. The lowest BCUT2D eigenvalue weighted by Crippen LogP contribution is -2.61. The van der Waals surface area contributed by atoms with Gasteiger partial charge < -0.3 is 19.3 Å². The lowest BCUT2D eigenvalue weighted by molar-refractivity contribution is -0.259. The van der Waals surface area contributed by atoms with Crippen LogP contribution in [-0.2, 0) is 19.0 Å². The molecule has 14 atom stereocenters. The van der Waals surface area contributed by atoms with E-state index in [4.69, 9.17) is 14.2 Å². The number of hydrogen-bond acceptors (Lipinski definition) is 6. The van der Waals surface area contributed by atoms with Gasteiger partial charge in [-0.15, -0.1) is 0 Å². The van der Waals surface area contributed by atoms with E-state index in [1.807, 2.05) is 37.3 Å². The van der Waals surface area contributed by atoms with Gasteiger partial charge in [0, 0.05) is 17.8 Å². The normalized spacial score (nSPS) is 52.3. The highest BCUT2D eigenvalue weighted by molar-refractivity contribution is 5.90. The first-order valence-corrected chi connectivity index (χ1v) is 16.3. The van der Waals surface area contributed by atoms with Crippen molar-refractivity contribution in [2.45, 2.75) is 104 Å². The molecule has 1 aromatic rings. The summed E-state index contributed by atoms with van der Waals surface area (Å²) in [6, 6.07) is 9.38. The van der Waals surface area contributed by atoms with E-state index in [-0.39, 0.29) is 70.5 Å². The number of esters is 1. The third kappa shape index (κ3) is 3.92. The van der Waals surface area contributed by atoms with Gasteiger partial charge in [0.05, 0.1) is 24.4 Å². The van der Waals surface area contributed by atoms with Crippen LogP contribution in [0.3, 0.4) is 0 Å². The maximum absolute atomic E-state index is 13.7. The highest BCUT2D eigenvalue weighted by Gasteiger charge is 2.73. The molecule has 0 radical (unpaired) electrons. The Hall–Kier alpha value is -1.76.